The maximum atomic E-state index is 15.9. The number of aryl methyl sites for hydroxylation is 2. The Morgan fingerprint density at radius 3 is 2.38 bits per heavy atom. The van der Waals surface area contributed by atoms with E-state index in [-0.39, 0.29) is 33.8 Å². The monoisotopic (exact) mass is 459 g/mol. The highest BCUT2D eigenvalue weighted by molar-refractivity contribution is 6.10. The van der Waals surface area contributed by atoms with Gasteiger partial charge in [-0.05, 0) is 25.0 Å². The van der Waals surface area contributed by atoms with Crippen LogP contribution in [0.25, 0.3) is 38.7 Å². The number of fused-ring (bicyclic) bond motifs is 1. The van der Waals surface area contributed by atoms with Gasteiger partial charge in [0.1, 0.15) is 5.52 Å². The molecule has 3 N–H and O–H groups in total. The molecule has 4 rings (SSSR count). The Bertz CT molecular complexity index is 1540. The van der Waals surface area contributed by atoms with Crippen LogP contribution >= 0.6 is 0 Å². The molecule has 0 fully saturated rings. The normalized spacial score (nSPS) is 11.9. The van der Waals surface area contributed by atoms with Crippen molar-refractivity contribution in [2.24, 2.45) is 14.1 Å². The van der Waals surface area contributed by atoms with Crippen molar-refractivity contribution in [1.82, 2.24) is 19.4 Å². The summed E-state index contributed by atoms with van der Waals surface area (Å²) in [6, 6.07) is 11.0. The van der Waals surface area contributed by atoms with E-state index in [2.05, 4.69) is 10.3 Å². The number of hydrogen-bond donors (Lipinski definition) is 3. The number of aromatic nitrogens is 3. The fraction of sp³-hybridized carbons (Fsp3) is 0.192. The largest absolute Gasteiger partial charge is 0.388 e. The molecular formula is C26H26FN5O2. The summed E-state index contributed by atoms with van der Waals surface area (Å²) >= 11 is 0. The molecule has 0 radical (unpaired) electrons. The smallest absolute Gasteiger partial charge is 0.274 e. The third-order valence-corrected chi connectivity index (χ3v) is 5.68. The van der Waals surface area contributed by atoms with Gasteiger partial charge in [0.2, 0.25) is 0 Å². The number of rotatable bonds is 6. The number of nitrogens with one attached hydrogen (secondary N) is 3. The number of pyridine rings is 2. The minimum absolute atomic E-state index is 0.0350. The van der Waals surface area contributed by atoms with Crippen LogP contribution in [0.1, 0.15) is 19.5 Å². The number of hydrogen-bond acceptors (Lipinski definition) is 4. The quantitative estimate of drug-likeness (QED) is 0.380. The third kappa shape index (κ3) is 3.98. The highest BCUT2D eigenvalue weighted by Gasteiger charge is 2.23. The van der Waals surface area contributed by atoms with Gasteiger partial charge in [-0.3, -0.25) is 9.59 Å². The zero-order valence-corrected chi connectivity index (χ0v) is 19.4. The molecule has 174 valence electrons. The number of halogens is 1. The predicted octanol–water partition coefficient (Wildman–Crippen LogP) is 4.03. The lowest BCUT2D eigenvalue weighted by Gasteiger charge is -2.14. The Hall–Kier alpha value is -4.20. The lowest BCUT2D eigenvalue weighted by Crippen LogP contribution is -2.18. The molecule has 3 heterocycles. The number of benzene rings is 1. The van der Waals surface area contributed by atoms with Crippen LogP contribution in [0.15, 0.2) is 64.6 Å². The molecule has 0 amide bonds. The van der Waals surface area contributed by atoms with Gasteiger partial charge < -0.3 is 24.8 Å². The van der Waals surface area contributed by atoms with E-state index in [1.165, 1.54) is 15.2 Å². The second-order valence-electron chi connectivity index (χ2n) is 8.50. The van der Waals surface area contributed by atoms with E-state index in [0.717, 1.165) is 17.3 Å². The summed E-state index contributed by atoms with van der Waals surface area (Å²) in [6.45, 7) is 3.85. The Morgan fingerprint density at radius 1 is 1.06 bits per heavy atom. The average molecular weight is 460 g/mol. The number of H-pyrrole nitrogens is 1. The molecular weight excluding hydrogens is 433 g/mol. The van der Waals surface area contributed by atoms with E-state index in [0.29, 0.717) is 11.1 Å². The molecule has 0 aliphatic heterocycles. The van der Waals surface area contributed by atoms with Gasteiger partial charge in [-0.25, -0.2) is 4.39 Å². The van der Waals surface area contributed by atoms with Gasteiger partial charge in [-0.15, -0.1) is 0 Å². The molecule has 0 saturated heterocycles. The lowest BCUT2D eigenvalue weighted by atomic mass is 9.95. The average Bonchev–Trinajstić information content (AvgIpc) is 3.16. The zero-order valence-electron chi connectivity index (χ0n) is 19.4. The first-order valence-corrected chi connectivity index (χ1v) is 10.9. The van der Waals surface area contributed by atoms with Crippen LogP contribution in [0, 0.1) is 11.2 Å². The third-order valence-electron chi connectivity index (χ3n) is 5.68. The maximum Gasteiger partial charge on any atom is 0.274 e. The SMILES string of the molecule is CC(C)N/C=C(\C=N)c1[nH]c2c(=O)n(C)cc(-c3cc(=O)n(C)cc3-c3ccccc3)c2c1F. The first kappa shape index (κ1) is 23.0. The molecule has 7 nitrogen and oxygen atoms in total. The van der Waals surface area contributed by atoms with Crippen molar-refractivity contribution in [1.29, 1.82) is 5.41 Å². The lowest BCUT2D eigenvalue weighted by molar-refractivity contribution is 0.635. The van der Waals surface area contributed by atoms with Gasteiger partial charge in [0.25, 0.3) is 11.1 Å². The molecule has 0 atom stereocenters. The maximum absolute atomic E-state index is 15.9. The minimum atomic E-state index is -0.650. The molecule has 8 heteroatoms. The van der Waals surface area contributed by atoms with E-state index < -0.39 is 11.4 Å². The molecule has 0 unspecified atom stereocenters. The van der Waals surface area contributed by atoms with Crippen molar-refractivity contribution < 1.29 is 4.39 Å². The fourth-order valence-corrected chi connectivity index (χ4v) is 3.93. The minimum Gasteiger partial charge on any atom is -0.388 e. The van der Waals surface area contributed by atoms with E-state index in [1.54, 1.807) is 32.7 Å². The van der Waals surface area contributed by atoms with Crippen molar-refractivity contribution >= 4 is 22.7 Å². The van der Waals surface area contributed by atoms with Gasteiger partial charge in [0.05, 0.1) is 11.1 Å². The molecule has 0 aliphatic rings. The highest BCUT2D eigenvalue weighted by atomic mass is 19.1. The predicted molar refractivity (Wildman–Crippen MR) is 135 cm³/mol. The summed E-state index contributed by atoms with van der Waals surface area (Å²) in [4.78, 5) is 28.5. The summed E-state index contributed by atoms with van der Waals surface area (Å²) < 4.78 is 18.8. The molecule has 3 aromatic heterocycles. The van der Waals surface area contributed by atoms with E-state index >= 15 is 4.39 Å². The van der Waals surface area contributed by atoms with Crippen LogP contribution in [0.4, 0.5) is 4.39 Å². The Kier molecular flexibility index (Phi) is 6.06. The second-order valence-corrected chi connectivity index (χ2v) is 8.50. The summed E-state index contributed by atoms with van der Waals surface area (Å²) in [5.74, 6) is -0.650. The van der Waals surface area contributed by atoms with E-state index in [9.17, 15) is 9.59 Å². The molecule has 0 spiro atoms. The second kappa shape index (κ2) is 8.97. The molecule has 1 aromatic carbocycles. The number of aromatic amines is 1. The van der Waals surface area contributed by atoms with E-state index in [4.69, 9.17) is 5.41 Å². The van der Waals surface area contributed by atoms with Crippen molar-refractivity contribution in [3.63, 3.8) is 0 Å². The van der Waals surface area contributed by atoms with Crippen molar-refractivity contribution in [2.45, 2.75) is 19.9 Å². The van der Waals surface area contributed by atoms with Crippen LogP contribution in [0.2, 0.25) is 0 Å². The molecule has 0 aliphatic carbocycles. The van der Waals surface area contributed by atoms with Crippen molar-refractivity contribution in [3.05, 3.63) is 87.2 Å². The topological polar surface area (TPSA) is 95.7 Å². The number of nitrogens with zero attached hydrogens (tertiary/aromatic N) is 2. The van der Waals surface area contributed by atoms with Crippen LogP contribution in [0.5, 0.6) is 0 Å². The van der Waals surface area contributed by atoms with Crippen LogP contribution in [-0.2, 0) is 14.1 Å². The van der Waals surface area contributed by atoms with Gasteiger partial charge in [0.15, 0.2) is 5.82 Å². The van der Waals surface area contributed by atoms with Crippen LogP contribution in [-0.4, -0.2) is 26.4 Å². The standard InChI is InChI=1S/C26H26FN5O2/c1-15(2)29-12-17(11-28)24-23(27)22-20(14-32(4)26(34)25(22)30-24)18-10-21(33)31(3)13-19(18)16-8-6-5-7-9-16/h5-15,28-30H,1-4H3/b17-12+,28-11?. The Balaban J connectivity index is 2.09. The molecule has 0 bridgehead atoms. The first-order chi connectivity index (χ1) is 16.2. The van der Waals surface area contributed by atoms with Crippen molar-refractivity contribution in [3.8, 4) is 22.3 Å². The summed E-state index contributed by atoms with van der Waals surface area (Å²) in [5, 5.41) is 10.9. The molecule has 4 aromatic rings. The van der Waals surface area contributed by atoms with E-state index in [1.807, 2.05) is 44.2 Å². The zero-order chi connectivity index (χ0) is 24.6. The van der Waals surface area contributed by atoms with Crippen molar-refractivity contribution in [2.75, 3.05) is 0 Å². The van der Waals surface area contributed by atoms with Gasteiger partial charge in [-0.2, -0.15) is 0 Å². The first-order valence-electron chi connectivity index (χ1n) is 10.9. The summed E-state index contributed by atoms with van der Waals surface area (Å²) in [7, 11) is 3.24. The Morgan fingerprint density at radius 2 is 1.74 bits per heavy atom. The van der Waals surface area contributed by atoms with Crippen LogP contribution < -0.4 is 16.4 Å². The fourth-order valence-electron chi connectivity index (χ4n) is 3.93. The highest BCUT2D eigenvalue weighted by Crippen LogP contribution is 2.37. The molecule has 0 saturated carbocycles. The summed E-state index contributed by atoms with van der Waals surface area (Å²) in [6.07, 6.45) is 5.84. The van der Waals surface area contributed by atoms with Gasteiger partial charge >= 0.3 is 0 Å². The van der Waals surface area contributed by atoms with Gasteiger partial charge in [-0.1, -0.05) is 30.3 Å². The molecule has 34 heavy (non-hydrogen) atoms. The van der Waals surface area contributed by atoms with Crippen LogP contribution in [0.3, 0.4) is 0 Å². The summed E-state index contributed by atoms with van der Waals surface area (Å²) in [5.41, 5.74) is 2.22. The van der Waals surface area contributed by atoms with Gasteiger partial charge in [0, 0.05) is 67.7 Å². The number of allylic oxidation sites excluding steroid dienone is 1. The Labute approximate surface area is 195 Å².